The molecule has 30 heavy (non-hydrogen) atoms. The van der Waals surface area contributed by atoms with E-state index in [0.717, 1.165) is 35.5 Å². The quantitative estimate of drug-likeness (QED) is 0.735. The normalized spacial score (nSPS) is 21.2. The predicted molar refractivity (Wildman–Crippen MR) is 113 cm³/mol. The number of methoxy groups -OCH3 is 2. The summed E-state index contributed by atoms with van der Waals surface area (Å²) in [5, 5.41) is 0. The number of hydrogen-bond acceptors (Lipinski definition) is 4. The van der Waals surface area contributed by atoms with E-state index in [1.807, 2.05) is 53.4 Å². The van der Waals surface area contributed by atoms with E-state index in [2.05, 4.69) is 0 Å². The van der Waals surface area contributed by atoms with Crippen LogP contribution in [0.25, 0.3) is 0 Å². The van der Waals surface area contributed by atoms with Crippen LogP contribution in [-0.4, -0.2) is 48.9 Å². The molecular formula is C24H28N2O4. The minimum atomic E-state index is -0.293. The zero-order valence-electron chi connectivity index (χ0n) is 17.5. The molecule has 2 aliphatic heterocycles. The van der Waals surface area contributed by atoms with Crippen LogP contribution in [-0.2, 0) is 16.1 Å². The number of nitrogens with zero attached hydrogens (tertiary/aromatic N) is 2. The van der Waals surface area contributed by atoms with Crippen molar-refractivity contribution in [3.05, 3.63) is 59.7 Å². The van der Waals surface area contributed by atoms with Crippen molar-refractivity contribution in [2.45, 2.75) is 31.8 Å². The van der Waals surface area contributed by atoms with Gasteiger partial charge in [0.25, 0.3) is 0 Å². The monoisotopic (exact) mass is 408 g/mol. The molecule has 0 N–H and O–H groups in total. The topological polar surface area (TPSA) is 59.1 Å². The summed E-state index contributed by atoms with van der Waals surface area (Å²) in [5.41, 5.74) is 2.05. The Morgan fingerprint density at radius 2 is 1.90 bits per heavy atom. The minimum absolute atomic E-state index is 0.0481. The zero-order valence-corrected chi connectivity index (χ0v) is 17.5. The Morgan fingerprint density at radius 1 is 1.10 bits per heavy atom. The van der Waals surface area contributed by atoms with Gasteiger partial charge in [0.1, 0.15) is 11.5 Å². The molecule has 2 fully saturated rings. The Morgan fingerprint density at radius 3 is 2.63 bits per heavy atom. The lowest BCUT2D eigenvalue weighted by atomic mass is 10.0. The van der Waals surface area contributed by atoms with E-state index in [1.165, 1.54) is 0 Å². The molecule has 0 radical (unpaired) electrons. The van der Waals surface area contributed by atoms with Gasteiger partial charge in [0.05, 0.1) is 26.2 Å². The number of carbonyl (C=O) groups excluding carboxylic acids is 2. The molecule has 2 unspecified atom stereocenters. The molecule has 2 aliphatic rings. The molecule has 158 valence electrons. The molecule has 0 saturated carbocycles. The molecule has 2 aromatic carbocycles. The van der Waals surface area contributed by atoms with E-state index in [0.29, 0.717) is 19.6 Å². The molecule has 2 aromatic rings. The molecule has 0 bridgehead atoms. The van der Waals surface area contributed by atoms with Crippen LogP contribution >= 0.6 is 0 Å². The SMILES string of the molecule is COc1ccc(OC)c(C2CCCN2C(=O)C2CC(=O)N(Cc3ccccc3)C2)c1. The van der Waals surface area contributed by atoms with Crippen molar-refractivity contribution in [3.63, 3.8) is 0 Å². The standard InChI is InChI=1S/C24H28N2O4/c1-29-19-10-11-22(30-2)20(14-19)21-9-6-12-26(21)24(28)18-13-23(27)25(16-18)15-17-7-4-3-5-8-17/h3-5,7-8,10-11,14,18,21H,6,9,12-13,15-16H2,1-2H3. The summed E-state index contributed by atoms with van der Waals surface area (Å²) < 4.78 is 10.9. The van der Waals surface area contributed by atoms with E-state index in [-0.39, 0.29) is 30.2 Å². The van der Waals surface area contributed by atoms with Gasteiger partial charge in [0, 0.05) is 31.6 Å². The van der Waals surface area contributed by atoms with Crippen molar-refractivity contribution in [1.82, 2.24) is 9.80 Å². The molecule has 0 aromatic heterocycles. The van der Waals surface area contributed by atoms with E-state index in [1.54, 1.807) is 19.1 Å². The van der Waals surface area contributed by atoms with Gasteiger partial charge in [-0.15, -0.1) is 0 Å². The third-order valence-electron chi connectivity index (χ3n) is 6.11. The third kappa shape index (κ3) is 3.99. The Labute approximate surface area is 177 Å². The molecule has 2 heterocycles. The van der Waals surface area contributed by atoms with Gasteiger partial charge in [-0.1, -0.05) is 30.3 Å². The van der Waals surface area contributed by atoms with Crippen LogP contribution < -0.4 is 9.47 Å². The number of hydrogen-bond donors (Lipinski definition) is 0. The molecule has 2 atom stereocenters. The second kappa shape index (κ2) is 8.78. The highest BCUT2D eigenvalue weighted by Crippen LogP contribution is 2.40. The van der Waals surface area contributed by atoms with Crippen LogP contribution in [0.2, 0.25) is 0 Å². The summed E-state index contributed by atoms with van der Waals surface area (Å²) in [6, 6.07) is 15.6. The highest BCUT2D eigenvalue weighted by Gasteiger charge is 2.40. The molecule has 0 spiro atoms. The number of rotatable bonds is 6. The van der Waals surface area contributed by atoms with E-state index < -0.39 is 0 Å². The molecular weight excluding hydrogens is 380 g/mol. The van der Waals surface area contributed by atoms with Gasteiger partial charge in [0.15, 0.2) is 0 Å². The highest BCUT2D eigenvalue weighted by molar-refractivity contribution is 5.89. The van der Waals surface area contributed by atoms with Crippen LogP contribution in [0.4, 0.5) is 0 Å². The van der Waals surface area contributed by atoms with Gasteiger partial charge in [-0.2, -0.15) is 0 Å². The first-order chi connectivity index (χ1) is 14.6. The number of carbonyl (C=O) groups is 2. The number of amides is 2. The molecule has 6 heteroatoms. The fourth-order valence-electron chi connectivity index (χ4n) is 4.58. The maximum atomic E-state index is 13.4. The summed E-state index contributed by atoms with van der Waals surface area (Å²) in [5.74, 6) is 1.32. The number of likely N-dealkylation sites (tertiary alicyclic amines) is 2. The maximum Gasteiger partial charge on any atom is 0.228 e. The van der Waals surface area contributed by atoms with Crippen molar-refractivity contribution in [2.75, 3.05) is 27.3 Å². The van der Waals surface area contributed by atoms with Gasteiger partial charge in [0.2, 0.25) is 11.8 Å². The summed E-state index contributed by atoms with van der Waals surface area (Å²) in [7, 11) is 3.28. The second-order valence-electron chi connectivity index (χ2n) is 7.96. The minimum Gasteiger partial charge on any atom is -0.497 e. The van der Waals surface area contributed by atoms with Crippen LogP contribution in [0.3, 0.4) is 0 Å². The number of benzene rings is 2. The highest BCUT2D eigenvalue weighted by atomic mass is 16.5. The van der Waals surface area contributed by atoms with Crippen molar-refractivity contribution < 1.29 is 19.1 Å². The lowest BCUT2D eigenvalue weighted by Crippen LogP contribution is -2.37. The average Bonchev–Trinajstić information content (AvgIpc) is 3.40. The van der Waals surface area contributed by atoms with Crippen molar-refractivity contribution in [3.8, 4) is 11.5 Å². The van der Waals surface area contributed by atoms with Crippen LogP contribution in [0, 0.1) is 5.92 Å². The van der Waals surface area contributed by atoms with Crippen LogP contribution in [0.15, 0.2) is 48.5 Å². The molecule has 2 saturated heterocycles. The van der Waals surface area contributed by atoms with Crippen molar-refractivity contribution in [2.24, 2.45) is 5.92 Å². The summed E-state index contributed by atoms with van der Waals surface area (Å²) in [6.45, 7) is 1.73. The van der Waals surface area contributed by atoms with E-state index >= 15 is 0 Å². The largest absolute Gasteiger partial charge is 0.497 e. The van der Waals surface area contributed by atoms with Gasteiger partial charge >= 0.3 is 0 Å². The smallest absolute Gasteiger partial charge is 0.228 e. The van der Waals surface area contributed by atoms with Gasteiger partial charge in [-0.05, 0) is 36.6 Å². The zero-order chi connectivity index (χ0) is 21.1. The predicted octanol–water partition coefficient (Wildman–Crippen LogP) is 3.42. The lowest BCUT2D eigenvalue weighted by Gasteiger charge is -2.29. The van der Waals surface area contributed by atoms with Crippen LogP contribution in [0.5, 0.6) is 11.5 Å². The van der Waals surface area contributed by atoms with Gasteiger partial charge in [-0.3, -0.25) is 9.59 Å². The molecule has 2 amide bonds. The summed E-state index contributed by atoms with van der Waals surface area (Å²) >= 11 is 0. The third-order valence-corrected chi connectivity index (χ3v) is 6.11. The number of ether oxygens (including phenoxy) is 2. The maximum absolute atomic E-state index is 13.4. The Bertz CT molecular complexity index is 915. The fourth-order valence-corrected chi connectivity index (χ4v) is 4.58. The van der Waals surface area contributed by atoms with Crippen molar-refractivity contribution in [1.29, 1.82) is 0 Å². The Hall–Kier alpha value is -3.02. The first-order valence-electron chi connectivity index (χ1n) is 10.4. The first kappa shape index (κ1) is 20.3. The van der Waals surface area contributed by atoms with Gasteiger partial charge in [-0.25, -0.2) is 0 Å². The van der Waals surface area contributed by atoms with Crippen molar-refractivity contribution >= 4 is 11.8 Å². The lowest BCUT2D eigenvalue weighted by molar-refractivity contribution is -0.136. The second-order valence-corrected chi connectivity index (χ2v) is 7.96. The van der Waals surface area contributed by atoms with E-state index in [9.17, 15) is 9.59 Å². The first-order valence-corrected chi connectivity index (χ1v) is 10.4. The Kier molecular flexibility index (Phi) is 5.93. The molecule has 4 rings (SSSR count). The molecule has 0 aliphatic carbocycles. The Balaban J connectivity index is 1.50. The molecule has 6 nitrogen and oxygen atoms in total. The van der Waals surface area contributed by atoms with Crippen LogP contribution in [0.1, 0.15) is 36.4 Å². The van der Waals surface area contributed by atoms with Gasteiger partial charge < -0.3 is 19.3 Å². The van der Waals surface area contributed by atoms with E-state index in [4.69, 9.17) is 9.47 Å². The summed E-state index contributed by atoms with van der Waals surface area (Å²) in [6.07, 6.45) is 2.10. The fraction of sp³-hybridized carbons (Fsp3) is 0.417. The average molecular weight is 408 g/mol. The summed E-state index contributed by atoms with van der Waals surface area (Å²) in [4.78, 5) is 29.7.